The Morgan fingerprint density at radius 3 is 2.95 bits per heavy atom. The van der Waals surface area contributed by atoms with Gasteiger partial charge in [0.1, 0.15) is 5.82 Å². The number of morpholine rings is 1. The Morgan fingerprint density at radius 2 is 2.18 bits per heavy atom. The predicted molar refractivity (Wildman–Crippen MR) is 88.3 cm³/mol. The summed E-state index contributed by atoms with van der Waals surface area (Å²) >= 11 is 12.1. The van der Waals surface area contributed by atoms with Crippen LogP contribution in [0.1, 0.15) is 24.4 Å². The second-order valence-corrected chi connectivity index (χ2v) is 6.21. The van der Waals surface area contributed by atoms with Gasteiger partial charge in [0.2, 0.25) is 0 Å². The Kier molecular flexibility index (Phi) is 5.03. The summed E-state index contributed by atoms with van der Waals surface area (Å²) in [5.41, 5.74) is 1.07. The van der Waals surface area contributed by atoms with Crippen molar-refractivity contribution in [3.63, 3.8) is 0 Å². The topological polar surface area (TPSA) is 30.3 Å². The summed E-state index contributed by atoms with van der Waals surface area (Å²) in [6.07, 6.45) is 3.90. The quantitative estimate of drug-likeness (QED) is 0.848. The normalized spacial score (nSPS) is 19.5. The van der Waals surface area contributed by atoms with Gasteiger partial charge < -0.3 is 9.30 Å². The number of rotatable bonds is 4. The van der Waals surface area contributed by atoms with E-state index >= 15 is 0 Å². The summed E-state index contributed by atoms with van der Waals surface area (Å²) in [5, 5.41) is 1.14. The van der Waals surface area contributed by atoms with Gasteiger partial charge >= 0.3 is 0 Å². The maximum Gasteiger partial charge on any atom is 0.122 e. The summed E-state index contributed by atoms with van der Waals surface area (Å²) in [7, 11) is 0. The molecule has 3 rings (SSSR count). The molecule has 6 heteroatoms. The zero-order valence-corrected chi connectivity index (χ0v) is 14.0. The van der Waals surface area contributed by atoms with Crippen LogP contribution in [0.3, 0.4) is 0 Å². The van der Waals surface area contributed by atoms with Crippen LogP contribution in [0.5, 0.6) is 0 Å². The van der Waals surface area contributed by atoms with Gasteiger partial charge in [-0.2, -0.15) is 0 Å². The van der Waals surface area contributed by atoms with Crippen molar-refractivity contribution in [2.45, 2.75) is 26.1 Å². The van der Waals surface area contributed by atoms with E-state index in [2.05, 4.69) is 21.4 Å². The summed E-state index contributed by atoms with van der Waals surface area (Å²) in [6, 6.07) is 5.70. The molecule has 22 heavy (non-hydrogen) atoms. The highest BCUT2D eigenvalue weighted by molar-refractivity contribution is 6.42. The van der Waals surface area contributed by atoms with Crippen molar-refractivity contribution in [2.75, 3.05) is 19.7 Å². The van der Waals surface area contributed by atoms with Crippen molar-refractivity contribution in [2.24, 2.45) is 0 Å². The highest BCUT2D eigenvalue weighted by Crippen LogP contribution is 2.29. The molecule has 0 amide bonds. The summed E-state index contributed by atoms with van der Waals surface area (Å²) in [5.74, 6) is 1.09. The molecule has 2 aromatic rings. The van der Waals surface area contributed by atoms with Gasteiger partial charge in [-0.1, -0.05) is 29.3 Å². The number of aromatic nitrogens is 2. The molecular formula is C16H19Cl2N3O. The molecular weight excluding hydrogens is 321 g/mol. The molecule has 1 aromatic heterocycles. The van der Waals surface area contributed by atoms with Crippen LogP contribution in [-0.4, -0.2) is 34.1 Å². The van der Waals surface area contributed by atoms with Gasteiger partial charge in [-0.25, -0.2) is 4.98 Å². The van der Waals surface area contributed by atoms with Crippen molar-refractivity contribution in [1.29, 1.82) is 0 Å². The van der Waals surface area contributed by atoms with E-state index in [4.69, 9.17) is 27.9 Å². The van der Waals surface area contributed by atoms with Crippen LogP contribution in [0, 0.1) is 0 Å². The maximum absolute atomic E-state index is 6.11. The number of hydrogen-bond donors (Lipinski definition) is 0. The summed E-state index contributed by atoms with van der Waals surface area (Å²) < 4.78 is 8.06. The lowest BCUT2D eigenvalue weighted by atomic mass is 10.1. The molecule has 1 unspecified atom stereocenters. The van der Waals surface area contributed by atoms with Gasteiger partial charge in [-0.15, -0.1) is 0 Å². The third-order valence-electron chi connectivity index (χ3n) is 3.97. The number of halogens is 2. The third kappa shape index (κ3) is 3.46. The average Bonchev–Trinajstić information content (AvgIpc) is 2.97. The molecule has 1 aliphatic rings. The molecule has 4 nitrogen and oxygen atoms in total. The Morgan fingerprint density at radius 1 is 1.32 bits per heavy atom. The Labute approximate surface area is 140 Å². The van der Waals surface area contributed by atoms with E-state index in [1.165, 1.54) is 0 Å². The molecule has 0 bridgehead atoms. The Bertz CT molecular complexity index is 644. The molecule has 1 fully saturated rings. The lowest BCUT2D eigenvalue weighted by Crippen LogP contribution is -2.38. The highest BCUT2D eigenvalue weighted by Gasteiger charge is 2.23. The zero-order valence-electron chi connectivity index (χ0n) is 12.5. The van der Waals surface area contributed by atoms with Crippen molar-refractivity contribution in [3.8, 4) is 0 Å². The number of benzene rings is 1. The highest BCUT2D eigenvalue weighted by atomic mass is 35.5. The first kappa shape index (κ1) is 15.8. The number of hydrogen-bond acceptors (Lipinski definition) is 3. The lowest BCUT2D eigenvalue weighted by Gasteiger charge is -2.33. The van der Waals surface area contributed by atoms with Gasteiger partial charge in [-0.3, -0.25) is 4.90 Å². The molecule has 0 aliphatic carbocycles. The largest absolute Gasteiger partial charge is 0.371 e. The fourth-order valence-electron chi connectivity index (χ4n) is 2.74. The van der Waals surface area contributed by atoms with E-state index in [1.54, 1.807) is 0 Å². The minimum absolute atomic E-state index is 0.0218. The molecule has 118 valence electrons. The minimum Gasteiger partial charge on any atom is -0.371 e. The summed E-state index contributed by atoms with van der Waals surface area (Å²) in [6.45, 7) is 6.35. The average molecular weight is 340 g/mol. The molecule has 0 spiro atoms. The van der Waals surface area contributed by atoms with Crippen molar-refractivity contribution in [3.05, 3.63) is 52.0 Å². The van der Waals surface area contributed by atoms with Crippen LogP contribution in [0.15, 0.2) is 30.6 Å². The van der Waals surface area contributed by atoms with Crippen molar-refractivity contribution in [1.82, 2.24) is 14.5 Å². The smallest absolute Gasteiger partial charge is 0.122 e. The molecule has 0 radical (unpaired) electrons. The van der Waals surface area contributed by atoms with Gasteiger partial charge in [0.25, 0.3) is 0 Å². The van der Waals surface area contributed by atoms with Gasteiger partial charge in [0.15, 0.2) is 0 Å². The van der Waals surface area contributed by atoms with Gasteiger partial charge in [0, 0.05) is 32.0 Å². The summed E-state index contributed by atoms with van der Waals surface area (Å²) in [4.78, 5) is 6.81. The van der Waals surface area contributed by atoms with E-state index in [1.807, 2.05) is 30.6 Å². The number of nitrogens with zero attached hydrogens (tertiary/aromatic N) is 3. The van der Waals surface area contributed by atoms with Crippen LogP contribution in [0.2, 0.25) is 10.0 Å². The first-order valence-electron chi connectivity index (χ1n) is 7.46. The third-order valence-corrected chi connectivity index (χ3v) is 4.71. The fourth-order valence-corrected chi connectivity index (χ4v) is 3.05. The predicted octanol–water partition coefficient (Wildman–Crippen LogP) is 3.78. The van der Waals surface area contributed by atoms with E-state index in [0.717, 1.165) is 37.6 Å². The number of ether oxygens (including phenoxy) is 1. The van der Waals surface area contributed by atoms with E-state index in [9.17, 15) is 0 Å². The van der Waals surface area contributed by atoms with Crippen LogP contribution in [-0.2, 0) is 17.8 Å². The Hall–Kier alpha value is -1.07. The van der Waals surface area contributed by atoms with E-state index in [0.29, 0.717) is 16.7 Å². The lowest BCUT2D eigenvalue weighted by molar-refractivity contribution is -0.0339. The number of imidazole rings is 1. The maximum atomic E-state index is 6.11. The van der Waals surface area contributed by atoms with E-state index < -0.39 is 0 Å². The monoisotopic (exact) mass is 339 g/mol. The van der Waals surface area contributed by atoms with Crippen LogP contribution >= 0.6 is 23.2 Å². The fraction of sp³-hybridized carbons (Fsp3) is 0.438. The second-order valence-electron chi connectivity index (χ2n) is 5.40. The van der Waals surface area contributed by atoms with Gasteiger partial charge in [0.05, 0.1) is 29.3 Å². The van der Waals surface area contributed by atoms with Crippen LogP contribution in [0.4, 0.5) is 0 Å². The molecule has 1 atom stereocenters. The van der Waals surface area contributed by atoms with Crippen LogP contribution in [0.25, 0.3) is 0 Å². The first-order chi connectivity index (χ1) is 10.7. The molecule has 2 heterocycles. The molecule has 1 saturated heterocycles. The molecule has 0 N–H and O–H groups in total. The molecule has 1 aliphatic heterocycles. The van der Waals surface area contributed by atoms with E-state index in [-0.39, 0.29) is 6.10 Å². The zero-order chi connectivity index (χ0) is 15.5. The van der Waals surface area contributed by atoms with Crippen molar-refractivity contribution >= 4 is 23.2 Å². The Balaban J connectivity index is 1.70. The molecule has 1 aromatic carbocycles. The first-order valence-corrected chi connectivity index (χ1v) is 8.22. The van der Waals surface area contributed by atoms with Crippen LogP contribution < -0.4 is 0 Å². The second kappa shape index (κ2) is 7.01. The number of aryl methyl sites for hydroxylation is 1. The SMILES string of the molecule is CCn1ccnc1CN1CCOC(c2ccc(Cl)c(Cl)c2)C1. The standard InChI is InChI=1S/C16H19Cl2N3O/c1-2-21-6-5-19-16(21)11-20-7-8-22-15(10-20)12-3-4-13(17)14(18)9-12/h3-6,9,15H,2,7-8,10-11H2,1H3. The van der Waals surface area contributed by atoms with Crippen molar-refractivity contribution < 1.29 is 4.74 Å². The van der Waals surface area contributed by atoms with Gasteiger partial charge in [-0.05, 0) is 24.6 Å². The minimum atomic E-state index is 0.0218. The molecule has 0 saturated carbocycles.